The molecule has 7 heteroatoms. The minimum Gasteiger partial charge on any atom is -1.00 e. The van der Waals surface area contributed by atoms with Crippen molar-refractivity contribution < 1.29 is 54.3 Å². The van der Waals surface area contributed by atoms with Crippen LogP contribution in [-0.4, -0.2) is 30.5 Å². The van der Waals surface area contributed by atoms with Crippen molar-refractivity contribution in [1.29, 1.82) is 0 Å². The molecular formula is C11H15Cl3FeN3. The first-order chi connectivity index (χ1) is 6.86. The molecule has 1 aromatic heterocycles. The number of aliphatic imine (C=N–C) groups is 2. The van der Waals surface area contributed by atoms with Crippen molar-refractivity contribution in [2.75, 3.05) is 13.1 Å². The molecule has 1 radical (unpaired) electrons. The summed E-state index contributed by atoms with van der Waals surface area (Å²) < 4.78 is 0. The van der Waals surface area contributed by atoms with Crippen LogP contribution < -0.4 is 37.2 Å². The third-order valence-electron chi connectivity index (χ3n) is 1.60. The fourth-order valence-electron chi connectivity index (χ4n) is 0.982. The second-order valence-corrected chi connectivity index (χ2v) is 2.74. The molecule has 0 aliphatic heterocycles. The third kappa shape index (κ3) is 11.0. The van der Waals surface area contributed by atoms with Gasteiger partial charge in [0.2, 0.25) is 0 Å². The summed E-state index contributed by atoms with van der Waals surface area (Å²) in [5.74, 6) is 0. The number of hydrogen-bond donors (Lipinski definition) is 0. The van der Waals surface area contributed by atoms with Crippen LogP contribution in [0.5, 0.6) is 0 Å². The van der Waals surface area contributed by atoms with Gasteiger partial charge in [0.15, 0.2) is 0 Å². The summed E-state index contributed by atoms with van der Waals surface area (Å²) in [6, 6.07) is 5.83. The molecular weight excluding hydrogens is 336 g/mol. The van der Waals surface area contributed by atoms with Crippen LogP contribution in [0.3, 0.4) is 0 Å². The van der Waals surface area contributed by atoms with Gasteiger partial charge >= 0.3 is 17.1 Å². The molecule has 103 valence electrons. The molecule has 0 saturated carbocycles. The molecule has 0 amide bonds. The van der Waals surface area contributed by atoms with E-state index in [-0.39, 0.29) is 54.3 Å². The predicted molar refractivity (Wildman–Crippen MR) is 60.5 cm³/mol. The van der Waals surface area contributed by atoms with Crippen molar-refractivity contribution in [2.24, 2.45) is 9.98 Å². The van der Waals surface area contributed by atoms with Gasteiger partial charge in [-0.15, -0.1) is 0 Å². The van der Waals surface area contributed by atoms with Gasteiger partial charge in [0.1, 0.15) is 0 Å². The van der Waals surface area contributed by atoms with Crippen molar-refractivity contribution in [3.8, 4) is 0 Å². The van der Waals surface area contributed by atoms with Gasteiger partial charge in [-0.1, -0.05) is 6.07 Å². The van der Waals surface area contributed by atoms with E-state index in [1.807, 2.05) is 32.0 Å². The average molecular weight is 351 g/mol. The molecule has 0 unspecified atom stereocenters. The van der Waals surface area contributed by atoms with E-state index in [4.69, 9.17) is 0 Å². The SMILES string of the molecule is CCN=Cc1cccc(C=NCC)n1.[Cl-].[Cl-].[Cl-].[Fe+3]. The van der Waals surface area contributed by atoms with Crippen LogP contribution in [0.1, 0.15) is 25.2 Å². The zero-order valence-electron chi connectivity index (χ0n) is 10.1. The molecule has 1 rings (SSSR count). The summed E-state index contributed by atoms with van der Waals surface area (Å²) in [6.45, 7) is 5.57. The standard InChI is InChI=1S/C11H15N3.3ClH.Fe/c1-3-12-8-10-6-5-7-11(14-10)9-13-4-2;;;;/h5-9H,3-4H2,1-2H3;3*1H;/q;;;;+3/p-3. The Morgan fingerprint density at radius 3 is 1.67 bits per heavy atom. The van der Waals surface area contributed by atoms with Crippen LogP contribution in [0.25, 0.3) is 0 Å². The van der Waals surface area contributed by atoms with Crippen LogP contribution in [0.15, 0.2) is 28.2 Å². The van der Waals surface area contributed by atoms with Crippen LogP contribution in [-0.2, 0) is 17.1 Å². The van der Waals surface area contributed by atoms with E-state index in [0.29, 0.717) is 0 Å². The van der Waals surface area contributed by atoms with Gasteiger partial charge in [0, 0.05) is 25.5 Å². The number of halogens is 3. The van der Waals surface area contributed by atoms with Gasteiger partial charge in [-0.05, 0) is 26.0 Å². The molecule has 0 spiro atoms. The number of hydrogen-bond acceptors (Lipinski definition) is 3. The van der Waals surface area contributed by atoms with Crippen molar-refractivity contribution >= 4 is 12.4 Å². The van der Waals surface area contributed by atoms with E-state index in [9.17, 15) is 0 Å². The van der Waals surface area contributed by atoms with E-state index in [2.05, 4.69) is 15.0 Å². The van der Waals surface area contributed by atoms with Crippen LogP contribution in [0.4, 0.5) is 0 Å². The maximum absolute atomic E-state index is 4.35. The quantitative estimate of drug-likeness (QED) is 0.392. The molecule has 0 aliphatic carbocycles. The molecule has 0 atom stereocenters. The van der Waals surface area contributed by atoms with Crippen molar-refractivity contribution in [3.05, 3.63) is 29.6 Å². The minimum absolute atomic E-state index is 0. The monoisotopic (exact) mass is 350 g/mol. The second-order valence-electron chi connectivity index (χ2n) is 2.74. The summed E-state index contributed by atoms with van der Waals surface area (Å²) in [7, 11) is 0. The summed E-state index contributed by atoms with van der Waals surface area (Å²) in [4.78, 5) is 12.6. The number of rotatable bonds is 4. The number of nitrogens with zero attached hydrogens (tertiary/aromatic N) is 3. The Labute approximate surface area is 138 Å². The van der Waals surface area contributed by atoms with E-state index in [1.54, 1.807) is 12.4 Å². The topological polar surface area (TPSA) is 37.6 Å². The smallest absolute Gasteiger partial charge is 1.00 e. The van der Waals surface area contributed by atoms with Crippen molar-refractivity contribution in [3.63, 3.8) is 0 Å². The van der Waals surface area contributed by atoms with Crippen LogP contribution >= 0.6 is 0 Å². The van der Waals surface area contributed by atoms with Gasteiger partial charge in [-0.25, -0.2) is 4.98 Å². The van der Waals surface area contributed by atoms with Gasteiger partial charge < -0.3 is 37.2 Å². The fraction of sp³-hybridized carbons (Fsp3) is 0.364. The molecule has 0 fully saturated rings. The number of pyridine rings is 1. The zero-order chi connectivity index (χ0) is 10.2. The molecule has 18 heavy (non-hydrogen) atoms. The molecule has 1 aromatic rings. The maximum Gasteiger partial charge on any atom is 3.00 e. The Bertz CT molecular complexity index is 317. The Morgan fingerprint density at radius 1 is 0.944 bits per heavy atom. The Morgan fingerprint density at radius 2 is 1.33 bits per heavy atom. The predicted octanol–water partition coefficient (Wildman–Crippen LogP) is -7.03. The molecule has 0 N–H and O–H groups in total. The van der Waals surface area contributed by atoms with Gasteiger partial charge in [0.05, 0.1) is 11.4 Å². The molecule has 3 nitrogen and oxygen atoms in total. The fourth-order valence-corrected chi connectivity index (χ4v) is 0.982. The second kappa shape index (κ2) is 16.9. The van der Waals surface area contributed by atoms with Crippen molar-refractivity contribution in [1.82, 2.24) is 4.98 Å². The van der Waals surface area contributed by atoms with Crippen LogP contribution in [0.2, 0.25) is 0 Å². The largest absolute Gasteiger partial charge is 3.00 e. The van der Waals surface area contributed by atoms with E-state index < -0.39 is 0 Å². The van der Waals surface area contributed by atoms with E-state index >= 15 is 0 Å². The summed E-state index contributed by atoms with van der Waals surface area (Å²) in [5.41, 5.74) is 1.76. The van der Waals surface area contributed by atoms with Crippen LogP contribution in [0, 0.1) is 0 Å². The molecule has 0 saturated heterocycles. The summed E-state index contributed by atoms with van der Waals surface area (Å²) in [6.07, 6.45) is 3.56. The first-order valence-electron chi connectivity index (χ1n) is 4.83. The first kappa shape index (κ1) is 26.4. The normalized spacial score (nSPS) is 9.00. The van der Waals surface area contributed by atoms with Gasteiger partial charge in [0.25, 0.3) is 0 Å². The minimum atomic E-state index is 0. The van der Waals surface area contributed by atoms with E-state index in [1.165, 1.54) is 0 Å². The van der Waals surface area contributed by atoms with Gasteiger partial charge in [-0.3, -0.25) is 9.98 Å². The van der Waals surface area contributed by atoms with Gasteiger partial charge in [-0.2, -0.15) is 0 Å². The first-order valence-corrected chi connectivity index (χ1v) is 4.83. The summed E-state index contributed by atoms with van der Waals surface area (Å²) >= 11 is 0. The summed E-state index contributed by atoms with van der Waals surface area (Å²) in [5, 5.41) is 0. The maximum atomic E-state index is 4.35. The molecule has 0 aromatic carbocycles. The molecule has 0 bridgehead atoms. The Balaban J connectivity index is -0.000000245. The Hall–Kier alpha value is -0.121. The molecule has 1 heterocycles. The average Bonchev–Trinajstić information content (AvgIpc) is 2.24. The zero-order valence-corrected chi connectivity index (χ0v) is 13.5. The number of aromatic nitrogens is 1. The Kier molecular flexibility index (Phi) is 24.8. The van der Waals surface area contributed by atoms with Crippen molar-refractivity contribution in [2.45, 2.75) is 13.8 Å². The van der Waals surface area contributed by atoms with E-state index in [0.717, 1.165) is 24.5 Å². The third-order valence-corrected chi connectivity index (χ3v) is 1.60. The molecule has 0 aliphatic rings.